The number of aromatic carboxylic acids is 1. The Morgan fingerprint density at radius 1 is 1.44 bits per heavy atom. The molecule has 0 aliphatic rings. The number of anilines is 1. The van der Waals surface area contributed by atoms with E-state index in [1.807, 2.05) is 0 Å². The second kappa shape index (κ2) is 5.83. The Morgan fingerprint density at radius 2 is 2.11 bits per heavy atom. The van der Waals surface area contributed by atoms with Crippen LogP contribution < -0.4 is 10.5 Å². The number of nitrogens with two attached hydrogens (primary N) is 1. The molecule has 0 saturated carbocycles. The second-order valence-electron chi connectivity index (χ2n) is 3.98. The van der Waals surface area contributed by atoms with Crippen LogP contribution in [0.25, 0.3) is 0 Å². The van der Waals surface area contributed by atoms with Gasteiger partial charge in [-0.1, -0.05) is 0 Å². The Hall–Kier alpha value is -1.60. The van der Waals surface area contributed by atoms with Crippen LogP contribution in [0.4, 0.5) is 5.69 Å². The van der Waals surface area contributed by atoms with Crippen molar-refractivity contribution in [2.24, 2.45) is 5.14 Å². The highest BCUT2D eigenvalue weighted by Gasteiger charge is 2.07. The third-order valence-electron chi connectivity index (χ3n) is 2.39. The van der Waals surface area contributed by atoms with E-state index in [0.717, 1.165) is 5.69 Å². The van der Waals surface area contributed by atoms with Gasteiger partial charge in [0.2, 0.25) is 10.0 Å². The van der Waals surface area contributed by atoms with Crippen LogP contribution in [0.15, 0.2) is 18.2 Å². The minimum atomic E-state index is -3.42. The minimum absolute atomic E-state index is 0.0772. The highest BCUT2D eigenvalue weighted by atomic mass is 32.2. The molecule has 0 unspecified atom stereocenters. The molecule has 100 valence electrons. The molecule has 18 heavy (non-hydrogen) atoms. The first-order valence-corrected chi connectivity index (χ1v) is 7.09. The highest BCUT2D eigenvalue weighted by molar-refractivity contribution is 7.89. The summed E-state index contributed by atoms with van der Waals surface area (Å²) in [7, 11) is -3.42. The number of carboxylic acids is 1. The second-order valence-corrected chi connectivity index (χ2v) is 5.72. The summed E-state index contributed by atoms with van der Waals surface area (Å²) >= 11 is 0. The van der Waals surface area contributed by atoms with E-state index in [1.165, 1.54) is 6.07 Å². The van der Waals surface area contributed by atoms with Gasteiger partial charge in [-0.05, 0) is 37.1 Å². The van der Waals surface area contributed by atoms with E-state index < -0.39 is 16.0 Å². The molecule has 0 spiro atoms. The first-order chi connectivity index (χ1) is 8.29. The molecule has 1 aromatic carbocycles. The molecule has 0 fully saturated rings. The zero-order chi connectivity index (χ0) is 13.8. The van der Waals surface area contributed by atoms with Crippen LogP contribution >= 0.6 is 0 Å². The van der Waals surface area contributed by atoms with Gasteiger partial charge < -0.3 is 10.4 Å². The maximum atomic E-state index is 10.8. The van der Waals surface area contributed by atoms with Crippen molar-refractivity contribution in [1.29, 1.82) is 0 Å². The van der Waals surface area contributed by atoms with E-state index in [1.54, 1.807) is 19.1 Å². The molecule has 0 atom stereocenters. The van der Waals surface area contributed by atoms with Gasteiger partial charge >= 0.3 is 5.97 Å². The van der Waals surface area contributed by atoms with E-state index in [0.29, 0.717) is 18.5 Å². The van der Waals surface area contributed by atoms with Crippen molar-refractivity contribution in [3.8, 4) is 0 Å². The summed E-state index contributed by atoms with van der Waals surface area (Å²) in [5, 5.41) is 16.7. The standard InChI is InChI=1S/C11H16N2O4S/c1-8-7-9(3-4-10(8)11(14)15)13-5-2-6-18(12,16)17/h3-4,7,13H,2,5-6H2,1H3,(H,14,15)(H2,12,16,17). The maximum Gasteiger partial charge on any atom is 0.335 e. The van der Waals surface area contributed by atoms with Gasteiger partial charge in [0, 0.05) is 12.2 Å². The van der Waals surface area contributed by atoms with Crippen molar-refractivity contribution in [3.05, 3.63) is 29.3 Å². The molecular weight excluding hydrogens is 256 g/mol. The zero-order valence-corrected chi connectivity index (χ0v) is 10.8. The molecule has 0 aromatic heterocycles. The molecular formula is C11H16N2O4S. The molecule has 1 aromatic rings. The Morgan fingerprint density at radius 3 is 2.61 bits per heavy atom. The molecule has 0 radical (unpaired) electrons. The fraction of sp³-hybridized carbons (Fsp3) is 0.364. The normalized spacial score (nSPS) is 11.2. The van der Waals surface area contributed by atoms with Crippen LogP contribution in [-0.2, 0) is 10.0 Å². The molecule has 7 heteroatoms. The van der Waals surface area contributed by atoms with Gasteiger partial charge in [-0.2, -0.15) is 0 Å². The van der Waals surface area contributed by atoms with Gasteiger partial charge in [-0.3, -0.25) is 0 Å². The molecule has 6 nitrogen and oxygen atoms in total. The lowest BCUT2D eigenvalue weighted by molar-refractivity contribution is 0.0696. The van der Waals surface area contributed by atoms with Crippen LogP contribution in [-0.4, -0.2) is 31.8 Å². The molecule has 0 heterocycles. The third kappa shape index (κ3) is 4.72. The predicted molar refractivity (Wildman–Crippen MR) is 69.2 cm³/mol. The number of sulfonamides is 1. The maximum absolute atomic E-state index is 10.8. The Balaban J connectivity index is 2.54. The van der Waals surface area contributed by atoms with E-state index in [2.05, 4.69) is 5.32 Å². The van der Waals surface area contributed by atoms with Crippen LogP contribution in [0, 0.1) is 6.92 Å². The lowest BCUT2D eigenvalue weighted by atomic mass is 10.1. The Labute approximate surface area is 106 Å². The predicted octanol–water partition coefficient (Wildman–Crippen LogP) is 0.784. The smallest absolute Gasteiger partial charge is 0.335 e. The number of rotatable bonds is 6. The summed E-state index contributed by atoms with van der Waals surface area (Å²) in [6, 6.07) is 4.87. The van der Waals surface area contributed by atoms with Gasteiger partial charge in [0.15, 0.2) is 0 Å². The lowest BCUT2D eigenvalue weighted by Crippen LogP contribution is -2.18. The number of hydrogen-bond acceptors (Lipinski definition) is 4. The summed E-state index contributed by atoms with van der Waals surface area (Å²) in [5.74, 6) is -1.04. The zero-order valence-electron chi connectivity index (χ0n) is 10.0. The Bertz CT molecular complexity index is 540. The number of carbonyl (C=O) groups is 1. The first-order valence-electron chi connectivity index (χ1n) is 5.38. The van der Waals surface area contributed by atoms with Gasteiger partial charge in [0.1, 0.15) is 0 Å². The van der Waals surface area contributed by atoms with Crippen molar-refractivity contribution < 1.29 is 18.3 Å². The summed E-state index contributed by atoms with van der Waals surface area (Å²) < 4.78 is 21.4. The van der Waals surface area contributed by atoms with Gasteiger partial charge in [0.25, 0.3) is 0 Å². The van der Waals surface area contributed by atoms with E-state index in [-0.39, 0.29) is 11.3 Å². The van der Waals surface area contributed by atoms with E-state index in [9.17, 15) is 13.2 Å². The average Bonchev–Trinajstić information content (AvgIpc) is 2.22. The highest BCUT2D eigenvalue weighted by Crippen LogP contribution is 2.15. The number of aryl methyl sites for hydroxylation is 1. The third-order valence-corrected chi connectivity index (χ3v) is 3.25. The number of hydrogen-bond donors (Lipinski definition) is 3. The number of primary sulfonamides is 1. The Kier molecular flexibility index (Phi) is 4.69. The van der Waals surface area contributed by atoms with E-state index >= 15 is 0 Å². The van der Waals surface area contributed by atoms with Crippen LogP contribution in [0.3, 0.4) is 0 Å². The van der Waals surface area contributed by atoms with Gasteiger partial charge in [-0.15, -0.1) is 0 Å². The summed E-state index contributed by atoms with van der Waals surface area (Å²) in [5.41, 5.74) is 1.66. The lowest BCUT2D eigenvalue weighted by Gasteiger charge is -2.08. The van der Waals surface area contributed by atoms with Crippen LogP contribution in [0.2, 0.25) is 0 Å². The first kappa shape index (κ1) is 14.5. The minimum Gasteiger partial charge on any atom is -0.478 e. The molecule has 4 N–H and O–H groups in total. The summed E-state index contributed by atoms with van der Waals surface area (Å²) in [6.45, 7) is 2.17. The molecule has 0 aliphatic heterocycles. The fourth-order valence-electron chi connectivity index (χ4n) is 1.52. The van der Waals surface area contributed by atoms with E-state index in [4.69, 9.17) is 10.2 Å². The van der Waals surface area contributed by atoms with Crippen LogP contribution in [0.1, 0.15) is 22.3 Å². The quantitative estimate of drug-likeness (QED) is 0.663. The molecule has 0 aliphatic carbocycles. The van der Waals surface area contributed by atoms with Gasteiger partial charge in [0.05, 0.1) is 11.3 Å². The fourth-order valence-corrected chi connectivity index (χ4v) is 2.07. The molecule has 0 bridgehead atoms. The molecule has 1 rings (SSSR count). The summed E-state index contributed by atoms with van der Waals surface area (Å²) in [6.07, 6.45) is 0.401. The number of nitrogens with one attached hydrogen (secondary N) is 1. The largest absolute Gasteiger partial charge is 0.478 e. The number of carboxylic acid groups (broad SMARTS) is 1. The van der Waals surface area contributed by atoms with Crippen molar-refractivity contribution in [3.63, 3.8) is 0 Å². The van der Waals surface area contributed by atoms with Gasteiger partial charge in [-0.25, -0.2) is 18.4 Å². The SMILES string of the molecule is Cc1cc(NCCCS(N)(=O)=O)ccc1C(=O)O. The van der Waals surface area contributed by atoms with Crippen molar-refractivity contribution in [2.45, 2.75) is 13.3 Å². The van der Waals surface area contributed by atoms with Crippen molar-refractivity contribution in [2.75, 3.05) is 17.6 Å². The average molecular weight is 272 g/mol. The van der Waals surface area contributed by atoms with Crippen LogP contribution in [0.5, 0.6) is 0 Å². The summed E-state index contributed by atoms with van der Waals surface area (Å²) in [4.78, 5) is 10.8. The van der Waals surface area contributed by atoms with Crippen molar-refractivity contribution >= 4 is 21.7 Å². The number of benzene rings is 1. The molecule has 0 saturated heterocycles. The topological polar surface area (TPSA) is 109 Å². The molecule has 0 amide bonds. The van der Waals surface area contributed by atoms with Crippen molar-refractivity contribution in [1.82, 2.24) is 0 Å². The monoisotopic (exact) mass is 272 g/mol.